The van der Waals surface area contributed by atoms with Gasteiger partial charge in [0.15, 0.2) is 0 Å². The van der Waals surface area contributed by atoms with Gasteiger partial charge in [0.05, 0.1) is 12.2 Å². The molecule has 29 heavy (non-hydrogen) atoms. The lowest BCUT2D eigenvalue weighted by atomic mass is 9.45. The molecule has 10 atom stereocenters. The Bertz CT molecular complexity index is 630. The van der Waals surface area contributed by atoms with E-state index in [9.17, 15) is 5.11 Å². The number of methoxy groups -OCH3 is 1. The number of aliphatic hydroxyl groups excluding tert-OH is 1. The Kier molecular flexibility index (Phi) is 4.99. The van der Waals surface area contributed by atoms with Gasteiger partial charge in [0.25, 0.3) is 0 Å². The van der Waals surface area contributed by atoms with Crippen LogP contribution in [0.5, 0.6) is 0 Å². The van der Waals surface area contributed by atoms with Crippen molar-refractivity contribution in [3.05, 3.63) is 0 Å². The van der Waals surface area contributed by atoms with Gasteiger partial charge in [-0.25, -0.2) is 0 Å². The zero-order valence-electron chi connectivity index (χ0n) is 19.8. The lowest BCUT2D eigenvalue weighted by molar-refractivity contribution is -0.160. The average molecular weight is 403 g/mol. The highest BCUT2D eigenvalue weighted by atomic mass is 16.5. The van der Waals surface area contributed by atoms with E-state index in [0.29, 0.717) is 28.3 Å². The van der Waals surface area contributed by atoms with Gasteiger partial charge < -0.3 is 9.84 Å². The second-order valence-electron chi connectivity index (χ2n) is 12.9. The number of rotatable bonds is 6. The van der Waals surface area contributed by atoms with Crippen LogP contribution in [0.4, 0.5) is 0 Å². The first kappa shape index (κ1) is 20.8. The summed E-state index contributed by atoms with van der Waals surface area (Å²) < 4.78 is 6.25. The van der Waals surface area contributed by atoms with Gasteiger partial charge >= 0.3 is 0 Å². The second kappa shape index (κ2) is 6.96. The molecule has 5 fully saturated rings. The second-order valence-corrected chi connectivity index (χ2v) is 12.9. The molecule has 0 heterocycles. The lowest BCUT2D eigenvalue weighted by Gasteiger charge is -2.60. The van der Waals surface area contributed by atoms with Crippen LogP contribution in [0, 0.1) is 51.8 Å². The first-order valence-corrected chi connectivity index (χ1v) is 13.0. The molecule has 2 heteroatoms. The molecule has 0 aromatic rings. The van der Waals surface area contributed by atoms with Crippen molar-refractivity contribution >= 4 is 0 Å². The Labute approximate surface area is 179 Å². The molecule has 0 bridgehead atoms. The maximum atomic E-state index is 10.8. The molecule has 5 aliphatic carbocycles. The third-order valence-electron chi connectivity index (χ3n) is 11.7. The van der Waals surface area contributed by atoms with Crippen molar-refractivity contribution in [3.8, 4) is 0 Å². The minimum absolute atomic E-state index is 0.0865. The van der Waals surface area contributed by atoms with Crippen LogP contribution < -0.4 is 0 Å². The van der Waals surface area contributed by atoms with Gasteiger partial charge in [0.2, 0.25) is 0 Å². The van der Waals surface area contributed by atoms with Crippen LogP contribution in [-0.4, -0.2) is 24.4 Å². The summed E-state index contributed by atoms with van der Waals surface area (Å²) in [5.74, 6) is 5.08. The van der Waals surface area contributed by atoms with E-state index >= 15 is 0 Å². The predicted octanol–water partition coefficient (Wildman–Crippen LogP) is 6.46. The Balaban J connectivity index is 1.34. The average Bonchev–Trinajstić information content (AvgIpc) is 3.21. The van der Waals surface area contributed by atoms with E-state index in [1.54, 1.807) is 0 Å². The summed E-state index contributed by atoms with van der Waals surface area (Å²) in [4.78, 5) is 0. The standard InChI is InChI=1S/C27H46O2/c1-17(2)6-8-20(28)14-18-7-9-22-21-15-24(29-5)27-16-19(27)10-13-26(27,4)23(21)11-12-25(18,22)3/h17-24,28H,6-16H2,1-5H3/t18?,19-,20?,21?,22?,23?,24?,25?,26?,27?/m1/s1. The molecule has 0 amide bonds. The molecule has 0 aromatic carbocycles. The van der Waals surface area contributed by atoms with Crippen LogP contribution in [0.3, 0.4) is 0 Å². The Morgan fingerprint density at radius 2 is 1.79 bits per heavy atom. The molecule has 2 nitrogen and oxygen atoms in total. The molecule has 0 aliphatic heterocycles. The van der Waals surface area contributed by atoms with Crippen molar-refractivity contribution in [3.63, 3.8) is 0 Å². The smallest absolute Gasteiger partial charge is 0.0638 e. The minimum Gasteiger partial charge on any atom is -0.393 e. The highest BCUT2D eigenvalue weighted by molar-refractivity contribution is 5.26. The zero-order valence-corrected chi connectivity index (χ0v) is 19.8. The van der Waals surface area contributed by atoms with Gasteiger partial charge in [-0.15, -0.1) is 0 Å². The number of aliphatic hydroxyl groups is 1. The van der Waals surface area contributed by atoms with Crippen LogP contribution in [0.15, 0.2) is 0 Å². The molecule has 166 valence electrons. The normalized spacial score (nSPS) is 53.9. The third-order valence-corrected chi connectivity index (χ3v) is 11.7. The fourth-order valence-electron chi connectivity index (χ4n) is 10.0. The number of hydrogen-bond donors (Lipinski definition) is 1. The summed E-state index contributed by atoms with van der Waals surface area (Å²) in [7, 11) is 2.00. The van der Waals surface area contributed by atoms with E-state index in [2.05, 4.69) is 27.7 Å². The Hall–Kier alpha value is -0.0800. The summed E-state index contributed by atoms with van der Waals surface area (Å²) >= 11 is 0. The lowest BCUT2D eigenvalue weighted by Crippen LogP contribution is -2.56. The first-order valence-electron chi connectivity index (χ1n) is 13.0. The van der Waals surface area contributed by atoms with E-state index < -0.39 is 0 Å². The number of fused-ring (bicyclic) bond motifs is 4. The molecular formula is C27H46O2. The topological polar surface area (TPSA) is 29.5 Å². The molecular weight excluding hydrogens is 356 g/mol. The highest BCUT2D eigenvalue weighted by Crippen LogP contribution is 2.82. The van der Waals surface area contributed by atoms with Crippen molar-refractivity contribution in [2.45, 2.75) is 111 Å². The fraction of sp³-hybridized carbons (Fsp3) is 1.00. The molecule has 0 saturated heterocycles. The molecule has 1 spiro atoms. The summed E-state index contributed by atoms with van der Waals surface area (Å²) in [6.45, 7) is 9.84. The monoisotopic (exact) mass is 402 g/mol. The van der Waals surface area contributed by atoms with E-state index in [1.165, 1.54) is 51.4 Å². The van der Waals surface area contributed by atoms with E-state index in [4.69, 9.17) is 4.74 Å². The van der Waals surface area contributed by atoms with Gasteiger partial charge in [-0.05, 0) is 117 Å². The summed E-state index contributed by atoms with van der Waals surface area (Å²) in [5, 5.41) is 10.8. The summed E-state index contributed by atoms with van der Waals surface area (Å²) in [6.07, 6.45) is 15.0. The quantitative estimate of drug-likeness (QED) is 0.552. The van der Waals surface area contributed by atoms with E-state index in [1.807, 2.05) is 7.11 Å². The number of hydrogen-bond acceptors (Lipinski definition) is 2. The molecule has 5 saturated carbocycles. The van der Waals surface area contributed by atoms with Crippen molar-refractivity contribution < 1.29 is 9.84 Å². The molecule has 5 aliphatic rings. The molecule has 5 rings (SSSR count). The maximum absolute atomic E-state index is 10.8. The van der Waals surface area contributed by atoms with Gasteiger partial charge in [-0.2, -0.15) is 0 Å². The Morgan fingerprint density at radius 1 is 1.00 bits per heavy atom. The van der Waals surface area contributed by atoms with Crippen LogP contribution in [-0.2, 0) is 4.74 Å². The predicted molar refractivity (Wildman–Crippen MR) is 119 cm³/mol. The van der Waals surface area contributed by atoms with Crippen molar-refractivity contribution in [2.24, 2.45) is 51.8 Å². The van der Waals surface area contributed by atoms with Crippen LogP contribution in [0.25, 0.3) is 0 Å². The van der Waals surface area contributed by atoms with E-state index in [0.717, 1.165) is 48.9 Å². The van der Waals surface area contributed by atoms with Crippen molar-refractivity contribution in [2.75, 3.05) is 7.11 Å². The van der Waals surface area contributed by atoms with Crippen molar-refractivity contribution in [1.29, 1.82) is 0 Å². The minimum atomic E-state index is -0.0865. The zero-order chi connectivity index (χ0) is 20.6. The van der Waals surface area contributed by atoms with Crippen molar-refractivity contribution in [1.82, 2.24) is 0 Å². The molecule has 9 unspecified atom stereocenters. The SMILES string of the molecule is COC1CC2C3CCC(CC(O)CCC(C)C)C3(C)CCC2C2(C)CC[C@@H]3CC132. The first-order chi connectivity index (χ1) is 13.8. The van der Waals surface area contributed by atoms with Gasteiger partial charge in [-0.3, -0.25) is 0 Å². The number of ether oxygens (including phenoxy) is 1. The molecule has 1 N–H and O–H groups in total. The summed E-state index contributed by atoms with van der Waals surface area (Å²) in [5.41, 5.74) is 1.54. The molecule has 0 radical (unpaired) electrons. The fourth-order valence-corrected chi connectivity index (χ4v) is 10.0. The largest absolute Gasteiger partial charge is 0.393 e. The van der Waals surface area contributed by atoms with Gasteiger partial charge in [-0.1, -0.05) is 27.7 Å². The van der Waals surface area contributed by atoms with Gasteiger partial charge in [0.1, 0.15) is 0 Å². The van der Waals surface area contributed by atoms with E-state index in [-0.39, 0.29) is 6.10 Å². The third kappa shape index (κ3) is 2.80. The maximum Gasteiger partial charge on any atom is 0.0638 e. The van der Waals surface area contributed by atoms with Crippen LogP contribution in [0.2, 0.25) is 0 Å². The van der Waals surface area contributed by atoms with Crippen LogP contribution >= 0.6 is 0 Å². The van der Waals surface area contributed by atoms with Crippen LogP contribution in [0.1, 0.15) is 98.3 Å². The van der Waals surface area contributed by atoms with Gasteiger partial charge in [0, 0.05) is 12.5 Å². The highest BCUT2D eigenvalue weighted by Gasteiger charge is 2.77. The summed E-state index contributed by atoms with van der Waals surface area (Å²) in [6, 6.07) is 0. The Morgan fingerprint density at radius 3 is 2.48 bits per heavy atom. The molecule has 0 aromatic heterocycles.